The minimum Gasteiger partial charge on any atom is -0.451 e. The summed E-state index contributed by atoms with van der Waals surface area (Å²) in [5.74, 6) is 0.0687. The number of likely N-dealkylation sites (tertiary alicyclic amines) is 1. The summed E-state index contributed by atoms with van der Waals surface area (Å²) in [4.78, 5) is 39.9. The molecular formula is C28H38FN5O5. The van der Waals surface area contributed by atoms with Crippen molar-refractivity contribution in [1.82, 2.24) is 19.8 Å². The maximum absolute atomic E-state index is 14.2. The Morgan fingerprint density at radius 1 is 1.18 bits per heavy atom. The van der Waals surface area contributed by atoms with E-state index >= 15 is 0 Å². The van der Waals surface area contributed by atoms with Gasteiger partial charge >= 0.3 is 6.09 Å². The van der Waals surface area contributed by atoms with Crippen LogP contribution in [0.15, 0.2) is 30.7 Å². The zero-order chi connectivity index (χ0) is 28.4. The Morgan fingerprint density at radius 3 is 2.62 bits per heavy atom. The zero-order valence-corrected chi connectivity index (χ0v) is 23.3. The van der Waals surface area contributed by atoms with Crippen LogP contribution in [0.25, 0.3) is 0 Å². The van der Waals surface area contributed by atoms with Crippen LogP contribution in [-0.4, -0.2) is 87.8 Å². The monoisotopic (exact) mass is 543 g/mol. The Balaban J connectivity index is 1.54. The van der Waals surface area contributed by atoms with E-state index < -0.39 is 17.3 Å². The number of aliphatic hydroxyl groups excluding tert-OH is 1. The second kappa shape index (κ2) is 11.3. The molecule has 1 spiro atoms. The molecule has 1 atom stereocenters. The largest absolute Gasteiger partial charge is 0.451 e. The van der Waals surface area contributed by atoms with Gasteiger partial charge in [-0.3, -0.25) is 4.79 Å². The van der Waals surface area contributed by atoms with Crippen molar-refractivity contribution in [2.24, 2.45) is 5.41 Å². The summed E-state index contributed by atoms with van der Waals surface area (Å²) in [5, 5.41) is 9.43. The average Bonchev–Trinajstić information content (AvgIpc) is 3.49. The molecule has 0 saturated carbocycles. The molecule has 10 nitrogen and oxygen atoms in total. The fourth-order valence-corrected chi connectivity index (χ4v) is 5.22. The third-order valence-corrected chi connectivity index (χ3v) is 7.10. The number of hydrogen-bond acceptors (Lipinski definition) is 8. The molecule has 2 aliphatic rings. The number of amides is 2. The van der Waals surface area contributed by atoms with E-state index in [0.717, 1.165) is 18.9 Å². The topological polar surface area (TPSA) is 108 Å². The van der Waals surface area contributed by atoms with Gasteiger partial charge in [-0.25, -0.2) is 19.2 Å². The highest BCUT2D eigenvalue weighted by Gasteiger charge is 2.46. The number of hydrogen-bond donors (Lipinski definition) is 1. The molecule has 0 aliphatic carbocycles. The fraction of sp³-hybridized carbons (Fsp3) is 0.571. The first-order valence-electron chi connectivity index (χ1n) is 13.3. The van der Waals surface area contributed by atoms with Crippen LogP contribution in [0.2, 0.25) is 0 Å². The Kier molecular flexibility index (Phi) is 8.29. The summed E-state index contributed by atoms with van der Waals surface area (Å²) in [5.41, 5.74) is -0.584. The Labute approximate surface area is 228 Å². The van der Waals surface area contributed by atoms with E-state index in [1.807, 2.05) is 34.6 Å². The molecule has 212 valence electrons. The molecule has 2 amide bonds. The number of aromatic nitrogens is 2. The maximum Gasteiger partial charge on any atom is 0.410 e. The molecule has 39 heavy (non-hydrogen) atoms. The van der Waals surface area contributed by atoms with Gasteiger partial charge in [0, 0.05) is 44.2 Å². The number of rotatable bonds is 7. The van der Waals surface area contributed by atoms with Crippen molar-refractivity contribution in [1.29, 1.82) is 0 Å². The number of carbonyl (C=O) groups is 2. The number of anilines is 1. The number of carbonyl (C=O) groups excluding carboxylic acids is 2. The van der Waals surface area contributed by atoms with Crippen molar-refractivity contribution in [3.8, 4) is 11.5 Å². The summed E-state index contributed by atoms with van der Waals surface area (Å²) < 4.78 is 26.0. The minimum absolute atomic E-state index is 0.0497. The first kappa shape index (κ1) is 28.5. The van der Waals surface area contributed by atoms with E-state index in [9.17, 15) is 19.1 Å². The molecule has 0 radical (unpaired) electrons. The second-order valence-electron chi connectivity index (χ2n) is 11.6. The third-order valence-electron chi connectivity index (χ3n) is 7.10. The Hall–Kier alpha value is -3.47. The molecule has 1 unspecified atom stereocenters. The van der Waals surface area contributed by atoms with Gasteiger partial charge in [-0.15, -0.1) is 0 Å². The number of halogens is 1. The summed E-state index contributed by atoms with van der Waals surface area (Å²) in [6.45, 7) is 11.8. The lowest BCUT2D eigenvalue weighted by Crippen LogP contribution is -2.39. The van der Waals surface area contributed by atoms with Crippen molar-refractivity contribution in [2.75, 3.05) is 44.2 Å². The van der Waals surface area contributed by atoms with E-state index in [2.05, 4.69) is 14.9 Å². The maximum atomic E-state index is 14.2. The molecule has 0 bridgehead atoms. The standard InChI is InChI=1S/C28H38FN5O5/c1-19(2)34(12-13-35)25(36)21-14-20(29)6-7-22(21)38-23-15-30-18-31-24(23)32-10-8-28(16-32)9-11-33(17-28)26(37)39-27(3,4)5/h6-7,14-15,18-19,35H,8-13,16-17H2,1-5H3. The van der Waals surface area contributed by atoms with Gasteiger partial charge in [0.25, 0.3) is 5.91 Å². The SMILES string of the molecule is CC(C)N(CCO)C(=O)c1cc(F)ccc1Oc1cncnc1N1CCC2(CCN(C(=O)OC(C)(C)C)C2)C1. The highest BCUT2D eigenvalue weighted by molar-refractivity contribution is 5.97. The quantitative estimate of drug-likeness (QED) is 0.557. The van der Waals surface area contributed by atoms with Gasteiger partial charge in [-0.2, -0.15) is 0 Å². The van der Waals surface area contributed by atoms with Gasteiger partial charge in [-0.05, 0) is 65.7 Å². The summed E-state index contributed by atoms with van der Waals surface area (Å²) in [6.07, 6.45) is 4.40. The highest BCUT2D eigenvalue weighted by Crippen LogP contribution is 2.43. The van der Waals surface area contributed by atoms with Crippen molar-refractivity contribution < 1.29 is 28.6 Å². The van der Waals surface area contributed by atoms with Gasteiger partial charge in [0.15, 0.2) is 11.6 Å². The Morgan fingerprint density at radius 2 is 1.92 bits per heavy atom. The Bertz CT molecular complexity index is 1200. The van der Waals surface area contributed by atoms with Crippen LogP contribution in [0.5, 0.6) is 11.5 Å². The number of ether oxygens (including phenoxy) is 2. The van der Waals surface area contributed by atoms with Crippen LogP contribution in [0.4, 0.5) is 15.0 Å². The highest BCUT2D eigenvalue weighted by atomic mass is 19.1. The molecule has 2 aliphatic heterocycles. The number of aliphatic hydroxyl groups is 1. The van der Waals surface area contributed by atoms with Crippen molar-refractivity contribution >= 4 is 17.8 Å². The average molecular weight is 544 g/mol. The van der Waals surface area contributed by atoms with E-state index in [-0.39, 0.29) is 42.0 Å². The molecular weight excluding hydrogens is 505 g/mol. The van der Waals surface area contributed by atoms with E-state index in [4.69, 9.17) is 9.47 Å². The van der Waals surface area contributed by atoms with Gasteiger partial charge in [-0.1, -0.05) is 0 Å². The van der Waals surface area contributed by atoms with Gasteiger partial charge in [0.2, 0.25) is 0 Å². The van der Waals surface area contributed by atoms with E-state index in [1.165, 1.54) is 29.6 Å². The lowest BCUT2D eigenvalue weighted by Gasteiger charge is -2.28. The molecule has 2 saturated heterocycles. The molecule has 2 aromatic rings. The summed E-state index contributed by atoms with van der Waals surface area (Å²) >= 11 is 0. The molecule has 1 aromatic carbocycles. The van der Waals surface area contributed by atoms with Crippen LogP contribution >= 0.6 is 0 Å². The second-order valence-corrected chi connectivity index (χ2v) is 11.6. The molecule has 4 rings (SSSR count). The van der Waals surface area contributed by atoms with Crippen LogP contribution < -0.4 is 9.64 Å². The van der Waals surface area contributed by atoms with Gasteiger partial charge in [0.1, 0.15) is 23.5 Å². The van der Waals surface area contributed by atoms with Crippen LogP contribution in [0.3, 0.4) is 0 Å². The first-order valence-corrected chi connectivity index (χ1v) is 13.3. The molecule has 3 heterocycles. The van der Waals surface area contributed by atoms with Crippen LogP contribution in [0.1, 0.15) is 57.8 Å². The molecule has 11 heteroatoms. The third kappa shape index (κ3) is 6.58. The predicted octanol–water partition coefficient (Wildman–Crippen LogP) is 4.09. The zero-order valence-electron chi connectivity index (χ0n) is 23.3. The molecule has 1 aromatic heterocycles. The minimum atomic E-state index is -0.569. The fourth-order valence-electron chi connectivity index (χ4n) is 5.22. The lowest BCUT2D eigenvalue weighted by molar-refractivity contribution is 0.0276. The summed E-state index contributed by atoms with van der Waals surface area (Å²) in [7, 11) is 0. The van der Waals surface area contributed by atoms with Crippen molar-refractivity contribution in [3.63, 3.8) is 0 Å². The predicted molar refractivity (Wildman–Crippen MR) is 143 cm³/mol. The molecule has 2 fully saturated rings. The van der Waals surface area contributed by atoms with E-state index in [0.29, 0.717) is 37.7 Å². The summed E-state index contributed by atoms with van der Waals surface area (Å²) in [6, 6.07) is 3.58. The van der Waals surface area contributed by atoms with Crippen molar-refractivity contribution in [2.45, 2.75) is 59.1 Å². The van der Waals surface area contributed by atoms with Crippen LogP contribution in [0, 0.1) is 11.2 Å². The number of nitrogens with zero attached hydrogens (tertiary/aromatic N) is 5. The van der Waals surface area contributed by atoms with Crippen molar-refractivity contribution in [3.05, 3.63) is 42.1 Å². The van der Waals surface area contributed by atoms with Crippen LogP contribution in [-0.2, 0) is 4.74 Å². The smallest absolute Gasteiger partial charge is 0.410 e. The first-order chi connectivity index (χ1) is 18.4. The van der Waals surface area contributed by atoms with Gasteiger partial charge < -0.3 is 29.3 Å². The number of benzene rings is 1. The van der Waals surface area contributed by atoms with Gasteiger partial charge in [0.05, 0.1) is 18.4 Å². The molecule has 1 N–H and O–H groups in total. The normalized spacial score (nSPS) is 19.2. The van der Waals surface area contributed by atoms with E-state index in [1.54, 1.807) is 4.90 Å². The lowest BCUT2D eigenvalue weighted by atomic mass is 9.86.